The molecule has 8 aliphatic rings. The predicted octanol–water partition coefficient (Wildman–Crippen LogP) is 0.677. The lowest BCUT2D eigenvalue weighted by Gasteiger charge is -2.62. The highest BCUT2D eigenvalue weighted by Gasteiger charge is 2.88. The number of carbonyl (C=O) groups is 2. The zero-order valence-corrected chi connectivity index (χ0v) is 23.7. The number of ketones is 1. The number of esters is 1. The lowest BCUT2D eigenvalue weighted by molar-refractivity contribution is -0.450. The standard InChI is InChI=1S/C30H38O11/c1-13-7-20(36-4)30(35)25(38-13)39-17-9-15-10-19-29(41-19)23(26(15,2)11-18(17)40-30)22(32)24(33)27(3)16(5-6-28(27,29)34)14-8-21(31)37-12-14/h8-9,13,16-20,22-23,25,32,34-35H,5-7,10-12H2,1-4H3/t13-,16-,17-,18-,19+,20+,22+,23?,25+,26+,27+,28-,29+,30+/m1/s1. The molecule has 0 bridgehead atoms. The second-order valence-electron chi connectivity index (χ2n) is 13.9. The van der Waals surface area contributed by atoms with Crippen molar-refractivity contribution in [1.29, 1.82) is 0 Å². The lowest BCUT2D eigenvalue weighted by Crippen LogP contribution is -2.75. The fraction of sp³-hybridized carbons (Fsp3) is 0.800. The van der Waals surface area contributed by atoms with Gasteiger partial charge in [0, 0.05) is 25.5 Å². The Balaban J connectivity index is 1.18. The third-order valence-corrected chi connectivity index (χ3v) is 12.2. The summed E-state index contributed by atoms with van der Waals surface area (Å²) in [7, 11) is 1.52. The van der Waals surface area contributed by atoms with Gasteiger partial charge >= 0.3 is 5.97 Å². The number of carbonyl (C=O) groups excluding carboxylic acids is 2. The first-order valence-electron chi connectivity index (χ1n) is 14.8. The summed E-state index contributed by atoms with van der Waals surface area (Å²) < 4.78 is 35.8. The highest BCUT2D eigenvalue weighted by molar-refractivity contribution is 5.94. The van der Waals surface area contributed by atoms with Gasteiger partial charge in [0.25, 0.3) is 0 Å². The van der Waals surface area contributed by atoms with Gasteiger partial charge in [-0.15, -0.1) is 0 Å². The summed E-state index contributed by atoms with van der Waals surface area (Å²) in [6.07, 6.45) is 0.648. The van der Waals surface area contributed by atoms with Crippen molar-refractivity contribution in [1.82, 2.24) is 0 Å². The minimum atomic E-state index is -1.82. The van der Waals surface area contributed by atoms with Crippen molar-refractivity contribution in [2.45, 2.75) is 113 Å². The van der Waals surface area contributed by atoms with Crippen molar-refractivity contribution in [3.05, 3.63) is 23.3 Å². The first-order chi connectivity index (χ1) is 19.3. The van der Waals surface area contributed by atoms with Crippen LogP contribution >= 0.6 is 0 Å². The molecule has 4 heterocycles. The van der Waals surface area contributed by atoms with Gasteiger partial charge in [-0.1, -0.05) is 18.6 Å². The van der Waals surface area contributed by atoms with Crippen LogP contribution in [-0.2, 0) is 38.0 Å². The van der Waals surface area contributed by atoms with Gasteiger partial charge in [-0.3, -0.25) is 4.79 Å². The van der Waals surface area contributed by atoms with Crippen LogP contribution < -0.4 is 0 Å². The Hall–Kier alpha value is -1.70. The number of rotatable bonds is 2. The maximum atomic E-state index is 14.3. The molecule has 8 rings (SSSR count). The predicted molar refractivity (Wildman–Crippen MR) is 137 cm³/mol. The molecule has 3 N–H and O–H groups in total. The molecule has 6 fully saturated rings. The van der Waals surface area contributed by atoms with Gasteiger partial charge in [-0.05, 0) is 56.4 Å². The van der Waals surface area contributed by atoms with Crippen LogP contribution in [-0.4, -0.2) is 101 Å². The fourth-order valence-corrected chi connectivity index (χ4v) is 10.2. The summed E-state index contributed by atoms with van der Waals surface area (Å²) >= 11 is 0. The maximum Gasteiger partial charge on any atom is 0.331 e. The number of Topliss-reactive ketones (excluding diaryl/α,β-unsaturated/α-hetero) is 1. The highest BCUT2D eigenvalue weighted by Crippen LogP contribution is 2.76. The molecule has 14 atom stereocenters. The van der Waals surface area contributed by atoms with Crippen LogP contribution in [0.15, 0.2) is 23.3 Å². The third kappa shape index (κ3) is 2.97. The van der Waals surface area contributed by atoms with Crippen molar-refractivity contribution in [3.63, 3.8) is 0 Å². The molecule has 1 spiro atoms. The molecule has 0 amide bonds. The van der Waals surface area contributed by atoms with E-state index < -0.39 is 82.1 Å². The van der Waals surface area contributed by atoms with E-state index in [2.05, 4.69) is 0 Å². The number of ether oxygens (including phenoxy) is 6. The number of fused-ring (bicyclic) bond motifs is 5. The summed E-state index contributed by atoms with van der Waals surface area (Å²) in [5.41, 5.74) is -3.16. The molecular formula is C30H38O11. The number of methoxy groups -OCH3 is 1. The molecule has 3 saturated carbocycles. The molecule has 224 valence electrons. The summed E-state index contributed by atoms with van der Waals surface area (Å²) in [6.45, 7) is 5.69. The Bertz CT molecular complexity index is 1290. The molecule has 0 aromatic carbocycles. The summed E-state index contributed by atoms with van der Waals surface area (Å²) in [4.78, 5) is 26.2. The van der Waals surface area contributed by atoms with Gasteiger partial charge in [0.15, 0.2) is 5.78 Å². The Morgan fingerprint density at radius 1 is 1.12 bits per heavy atom. The third-order valence-electron chi connectivity index (χ3n) is 12.2. The van der Waals surface area contributed by atoms with Gasteiger partial charge in [0.2, 0.25) is 12.1 Å². The van der Waals surface area contributed by atoms with Crippen LogP contribution in [0.2, 0.25) is 0 Å². The second kappa shape index (κ2) is 8.06. The van der Waals surface area contributed by atoms with Crippen molar-refractivity contribution in [2.75, 3.05) is 13.7 Å². The van der Waals surface area contributed by atoms with Crippen molar-refractivity contribution in [2.24, 2.45) is 22.7 Å². The minimum Gasteiger partial charge on any atom is -0.458 e. The Kier molecular flexibility index (Phi) is 5.29. The molecular weight excluding hydrogens is 536 g/mol. The fourth-order valence-electron chi connectivity index (χ4n) is 10.2. The number of aliphatic hydroxyl groups excluding tert-OH is 1. The van der Waals surface area contributed by atoms with E-state index in [1.165, 1.54) is 13.2 Å². The lowest BCUT2D eigenvalue weighted by atomic mass is 9.43. The molecule has 1 unspecified atom stereocenters. The number of aliphatic hydroxyl groups is 3. The largest absolute Gasteiger partial charge is 0.458 e. The normalized spacial score (nSPS) is 58.6. The van der Waals surface area contributed by atoms with Crippen LogP contribution in [0.5, 0.6) is 0 Å². The quantitative estimate of drug-likeness (QED) is 0.242. The van der Waals surface area contributed by atoms with Gasteiger partial charge in [-0.2, -0.15) is 0 Å². The number of hydrogen-bond donors (Lipinski definition) is 3. The van der Waals surface area contributed by atoms with Crippen LogP contribution in [0.4, 0.5) is 0 Å². The van der Waals surface area contributed by atoms with Crippen LogP contribution in [0, 0.1) is 22.7 Å². The first kappa shape index (κ1) is 26.9. The van der Waals surface area contributed by atoms with Gasteiger partial charge in [-0.25, -0.2) is 4.79 Å². The molecule has 0 aromatic rings. The zero-order valence-electron chi connectivity index (χ0n) is 23.7. The van der Waals surface area contributed by atoms with E-state index in [1.807, 2.05) is 19.9 Å². The number of epoxide rings is 1. The summed E-state index contributed by atoms with van der Waals surface area (Å²) in [5, 5.41) is 36.1. The highest BCUT2D eigenvalue weighted by atomic mass is 16.8. The Morgan fingerprint density at radius 2 is 1.90 bits per heavy atom. The molecule has 0 radical (unpaired) electrons. The molecule has 41 heavy (non-hydrogen) atoms. The molecule has 4 aliphatic heterocycles. The summed E-state index contributed by atoms with van der Waals surface area (Å²) in [5.74, 6) is -3.89. The topological polar surface area (TPSA) is 154 Å². The molecule has 4 aliphatic carbocycles. The van der Waals surface area contributed by atoms with E-state index in [-0.39, 0.29) is 18.8 Å². The maximum absolute atomic E-state index is 14.3. The first-order valence-corrected chi connectivity index (χ1v) is 14.8. The van der Waals surface area contributed by atoms with Crippen LogP contribution in [0.1, 0.15) is 52.9 Å². The van der Waals surface area contributed by atoms with Gasteiger partial charge in [0.05, 0.1) is 23.7 Å². The SMILES string of the molecule is CO[C@H]1C[C@@H](C)O[C@H]2O[C@@H]3C=C4C[C@@H]5O[C@]56C([C@H](O)C(=O)[C@]5(C)[C@@H](C7=CC(=O)OC7)CC[C@]65O)[C@@]4(C)C[C@H]3O[C@]21O. The van der Waals surface area contributed by atoms with E-state index in [1.54, 1.807) is 6.92 Å². The second-order valence-corrected chi connectivity index (χ2v) is 13.9. The van der Waals surface area contributed by atoms with E-state index >= 15 is 0 Å². The molecule has 11 nitrogen and oxygen atoms in total. The Morgan fingerprint density at radius 3 is 2.61 bits per heavy atom. The average Bonchev–Trinajstić information content (AvgIpc) is 3.36. The molecule has 0 aromatic heterocycles. The van der Waals surface area contributed by atoms with Crippen LogP contribution in [0.25, 0.3) is 0 Å². The zero-order chi connectivity index (χ0) is 28.9. The van der Waals surface area contributed by atoms with Gasteiger partial charge in [0.1, 0.15) is 36.1 Å². The van der Waals surface area contributed by atoms with Gasteiger partial charge < -0.3 is 43.7 Å². The smallest absolute Gasteiger partial charge is 0.331 e. The van der Waals surface area contributed by atoms with Crippen molar-refractivity contribution in [3.8, 4) is 0 Å². The number of cyclic esters (lactones) is 1. The summed E-state index contributed by atoms with van der Waals surface area (Å²) in [6, 6.07) is 0. The number of hydrogen-bond acceptors (Lipinski definition) is 11. The van der Waals surface area contributed by atoms with E-state index in [9.17, 15) is 24.9 Å². The van der Waals surface area contributed by atoms with Crippen LogP contribution in [0.3, 0.4) is 0 Å². The monoisotopic (exact) mass is 574 g/mol. The van der Waals surface area contributed by atoms with E-state index in [0.717, 1.165) is 5.57 Å². The van der Waals surface area contributed by atoms with Crippen molar-refractivity contribution < 1.29 is 53.3 Å². The Labute approximate surface area is 237 Å². The van der Waals surface area contributed by atoms with E-state index in [4.69, 9.17) is 28.4 Å². The molecule has 3 saturated heterocycles. The molecule has 11 heteroatoms. The van der Waals surface area contributed by atoms with Crippen molar-refractivity contribution >= 4 is 11.8 Å². The van der Waals surface area contributed by atoms with E-state index in [0.29, 0.717) is 37.7 Å². The average molecular weight is 575 g/mol. The minimum absolute atomic E-state index is 0.0825.